The summed E-state index contributed by atoms with van der Waals surface area (Å²) >= 11 is 0. The van der Waals surface area contributed by atoms with Crippen LogP contribution in [-0.2, 0) is 0 Å². The van der Waals surface area contributed by atoms with Crippen molar-refractivity contribution in [3.05, 3.63) is 33.9 Å². The molecule has 1 atom stereocenters. The molecule has 0 heterocycles. The van der Waals surface area contributed by atoms with E-state index in [1.807, 2.05) is 27.7 Å². The fourth-order valence-corrected chi connectivity index (χ4v) is 1.36. The molecule has 6 heteroatoms. The van der Waals surface area contributed by atoms with E-state index in [1.165, 1.54) is 18.2 Å². The maximum atomic E-state index is 12.0. The van der Waals surface area contributed by atoms with Crippen molar-refractivity contribution in [1.82, 2.24) is 5.32 Å². The van der Waals surface area contributed by atoms with Gasteiger partial charge in [0.15, 0.2) is 0 Å². The first kappa shape index (κ1) is 14.9. The van der Waals surface area contributed by atoms with Gasteiger partial charge in [0.05, 0.1) is 4.92 Å². The minimum Gasteiger partial charge on any atom is -0.393 e. The molecule has 0 aliphatic rings. The van der Waals surface area contributed by atoms with Gasteiger partial charge >= 0.3 is 0 Å². The van der Waals surface area contributed by atoms with Crippen LogP contribution in [0.15, 0.2) is 18.2 Å². The van der Waals surface area contributed by atoms with Crippen LogP contribution in [0.2, 0.25) is 0 Å². The highest BCUT2D eigenvalue weighted by molar-refractivity contribution is 5.95. The first-order chi connectivity index (χ1) is 8.62. The van der Waals surface area contributed by atoms with Crippen molar-refractivity contribution in [3.63, 3.8) is 0 Å². The van der Waals surface area contributed by atoms with Crippen molar-refractivity contribution in [2.24, 2.45) is 5.41 Å². The van der Waals surface area contributed by atoms with E-state index in [9.17, 15) is 14.9 Å². The molecule has 104 valence electrons. The molecule has 0 spiro atoms. The van der Waals surface area contributed by atoms with Crippen molar-refractivity contribution >= 4 is 17.3 Å². The maximum Gasteiger partial charge on any atom is 0.292 e. The van der Waals surface area contributed by atoms with Crippen molar-refractivity contribution in [2.75, 3.05) is 5.73 Å². The lowest BCUT2D eigenvalue weighted by Gasteiger charge is -2.28. The van der Waals surface area contributed by atoms with E-state index >= 15 is 0 Å². The van der Waals surface area contributed by atoms with Gasteiger partial charge in [-0.25, -0.2) is 0 Å². The summed E-state index contributed by atoms with van der Waals surface area (Å²) in [6.07, 6.45) is 0. The number of amides is 1. The van der Waals surface area contributed by atoms with Crippen LogP contribution in [0.5, 0.6) is 0 Å². The van der Waals surface area contributed by atoms with Crippen LogP contribution < -0.4 is 11.1 Å². The smallest absolute Gasteiger partial charge is 0.292 e. The van der Waals surface area contributed by atoms with E-state index in [0.717, 1.165) is 0 Å². The Bertz CT molecular complexity index is 506. The minimum atomic E-state index is -0.575. The molecule has 1 aromatic carbocycles. The molecular formula is C13H19N3O3. The summed E-state index contributed by atoms with van der Waals surface area (Å²) < 4.78 is 0. The lowest BCUT2D eigenvalue weighted by Crippen LogP contribution is -2.41. The molecule has 0 radical (unpaired) electrons. The Kier molecular flexibility index (Phi) is 4.14. The Morgan fingerprint density at radius 3 is 2.42 bits per heavy atom. The molecule has 0 aliphatic heterocycles. The van der Waals surface area contributed by atoms with Gasteiger partial charge in [-0.1, -0.05) is 20.8 Å². The summed E-state index contributed by atoms with van der Waals surface area (Å²) in [5.41, 5.74) is 5.60. The second-order valence-electron chi connectivity index (χ2n) is 5.59. The average Bonchev–Trinajstić information content (AvgIpc) is 2.26. The van der Waals surface area contributed by atoms with Gasteiger partial charge in [-0.15, -0.1) is 0 Å². The Hall–Kier alpha value is -2.11. The molecular weight excluding hydrogens is 246 g/mol. The van der Waals surface area contributed by atoms with Crippen molar-refractivity contribution in [1.29, 1.82) is 0 Å². The van der Waals surface area contributed by atoms with E-state index in [4.69, 9.17) is 5.73 Å². The molecule has 19 heavy (non-hydrogen) atoms. The quantitative estimate of drug-likeness (QED) is 0.498. The van der Waals surface area contributed by atoms with E-state index in [2.05, 4.69) is 5.32 Å². The first-order valence-electron chi connectivity index (χ1n) is 5.97. The first-order valence-corrected chi connectivity index (χ1v) is 5.97. The third-order valence-corrected chi connectivity index (χ3v) is 3.13. The van der Waals surface area contributed by atoms with Crippen LogP contribution in [0.4, 0.5) is 11.4 Å². The highest BCUT2D eigenvalue weighted by atomic mass is 16.6. The number of nitro groups is 1. The number of nitrogens with one attached hydrogen (secondary N) is 1. The molecule has 1 aromatic rings. The molecule has 0 aliphatic carbocycles. The van der Waals surface area contributed by atoms with Crippen molar-refractivity contribution < 1.29 is 9.72 Å². The SMILES string of the molecule is CC(NC(=O)c1ccc([N+](=O)[O-])c(N)c1)C(C)(C)C. The number of nitro benzene ring substituents is 1. The summed E-state index contributed by atoms with van der Waals surface area (Å²) in [6, 6.07) is 3.94. The number of carbonyl (C=O) groups excluding carboxylic acids is 1. The van der Waals surface area contributed by atoms with E-state index in [1.54, 1.807) is 0 Å². The predicted octanol–water partition coefficient (Wildman–Crippen LogP) is 2.34. The lowest BCUT2D eigenvalue weighted by molar-refractivity contribution is -0.383. The van der Waals surface area contributed by atoms with Crippen LogP contribution >= 0.6 is 0 Å². The zero-order valence-corrected chi connectivity index (χ0v) is 11.6. The number of anilines is 1. The Morgan fingerprint density at radius 2 is 2.00 bits per heavy atom. The largest absolute Gasteiger partial charge is 0.393 e. The van der Waals surface area contributed by atoms with Gasteiger partial charge in [0.25, 0.3) is 11.6 Å². The minimum absolute atomic E-state index is 0.0129. The van der Waals surface area contributed by atoms with Crippen LogP contribution in [0.1, 0.15) is 38.1 Å². The Morgan fingerprint density at radius 1 is 1.42 bits per heavy atom. The van der Waals surface area contributed by atoms with E-state index in [-0.39, 0.29) is 28.7 Å². The second-order valence-corrected chi connectivity index (χ2v) is 5.59. The van der Waals surface area contributed by atoms with Gasteiger partial charge in [0.2, 0.25) is 0 Å². The van der Waals surface area contributed by atoms with Crippen molar-refractivity contribution in [2.45, 2.75) is 33.7 Å². The topological polar surface area (TPSA) is 98.3 Å². The molecule has 1 rings (SSSR count). The molecule has 1 amide bonds. The summed E-state index contributed by atoms with van der Waals surface area (Å²) in [7, 11) is 0. The van der Waals surface area contributed by atoms with Crippen LogP contribution in [0.25, 0.3) is 0 Å². The fraction of sp³-hybridized carbons (Fsp3) is 0.462. The average molecular weight is 265 g/mol. The molecule has 0 bridgehead atoms. The van der Waals surface area contributed by atoms with Gasteiger partial charge < -0.3 is 11.1 Å². The number of nitrogen functional groups attached to an aromatic ring is 1. The van der Waals surface area contributed by atoms with Crippen LogP contribution in [0.3, 0.4) is 0 Å². The zero-order chi connectivity index (χ0) is 14.8. The third-order valence-electron chi connectivity index (χ3n) is 3.13. The molecule has 3 N–H and O–H groups in total. The number of hydrogen-bond acceptors (Lipinski definition) is 4. The number of nitrogens with zero attached hydrogens (tertiary/aromatic N) is 1. The molecule has 6 nitrogen and oxygen atoms in total. The summed E-state index contributed by atoms with van der Waals surface area (Å²) in [6.45, 7) is 7.96. The second kappa shape index (κ2) is 5.26. The van der Waals surface area contributed by atoms with Gasteiger partial charge in [-0.2, -0.15) is 0 Å². The van der Waals surface area contributed by atoms with Gasteiger partial charge in [-0.3, -0.25) is 14.9 Å². The lowest BCUT2D eigenvalue weighted by atomic mass is 9.88. The molecule has 0 saturated carbocycles. The zero-order valence-electron chi connectivity index (χ0n) is 11.6. The summed E-state index contributed by atoms with van der Waals surface area (Å²) in [4.78, 5) is 22.1. The molecule has 0 saturated heterocycles. The monoisotopic (exact) mass is 265 g/mol. The normalized spacial score (nSPS) is 12.8. The van der Waals surface area contributed by atoms with Crippen LogP contribution in [-0.4, -0.2) is 16.9 Å². The van der Waals surface area contributed by atoms with Gasteiger partial charge in [0, 0.05) is 17.7 Å². The number of nitrogens with two attached hydrogens (primary N) is 1. The fourth-order valence-electron chi connectivity index (χ4n) is 1.36. The number of rotatable bonds is 3. The number of carbonyl (C=O) groups is 1. The Balaban J connectivity index is 2.90. The number of benzene rings is 1. The standard InChI is InChI=1S/C13H19N3O3/c1-8(13(2,3)4)15-12(17)9-5-6-11(16(18)19)10(14)7-9/h5-8H,14H2,1-4H3,(H,15,17). The van der Waals surface area contributed by atoms with Gasteiger partial charge in [0.1, 0.15) is 5.69 Å². The highest BCUT2D eigenvalue weighted by Crippen LogP contribution is 2.23. The van der Waals surface area contributed by atoms with Crippen LogP contribution in [0, 0.1) is 15.5 Å². The molecule has 1 unspecified atom stereocenters. The highest BCUT2D eigenvalue weighted by Gasteiger charge is 2.23. The van der Waals surface area contributed by atoms with Gasteiger partial charge in [-0.05, 0) is 24.5 Å². The third kappa shape index (κ3) is 3.67. The van der Waals surface area contributed by atoms with E-state index < -0.39 is 4.92 Å². The van der Waals surface area contributed by atoms with Crippen molar-refractivity contribution in [3.8, 4) is 0 Å². The Labute approximate surface area is 112 Å². The van der Waals surface area contributed by atoms with E-state index in [0.29, 0.717) is 5.56 Å². The summed E-state index contributed by atoms with van der Waals surface area (Å²) in [5, 5.41) is 13.5. The molecule has 0 fully saturated rings. The summed E-state index contributed by atoms with van der Waals surface area (Å²) in [5.74, 6) is -0.288. The predicted molar refractivity (Wildman–Crippen MR) is 73.9 cm³/mol. The number of hydrogen-bond donors (Lipinski definition) is 2. The maximum absolute atomic E-state index is 12.0. The molecule has 0 aromatic heterocycles.